The average Bonchev–Trinajstić information content (AvgIpc) is 2.92. The lowest BCUT2D eigenvalue weighted by atomic mass is 10.1. The largest absolute Gasteiger partial charge is 0.512 e. The molecule has 1 heterocycles. The number of rotatable bonds is 3. The van der Waals surface area contributed by atoms with Gasteiger partial charge < -0.3 is 14.9 Å². The van der Waals surface area contributed by atoms with Gasteiger partial charge in [0.2, 0.25) is 5.88 Å². The van der Waals surface area contributed by atoms with Crippen LogP contribution in [0.3, 0.4) is 0 Å². The Morgan fingerprint density at radius 3 is 2.56 bits per heavy atom. The van der Waals surface area contributed by atoms with Gasteiger partial charge in [0.05, 0.1) is 16.4 Å². The fraction of sp³-hybridized carbons (Fsp3) is 0. The number of hydrogen-bond donors (Lipinski definition) is 2. The third-order valence-corrected chi connectivity index (χ3v) is 3.49. The van der Waals surface area contributed by atoms with Crippen LogP contribution >= 0.6 is 11.6 Å². The van der Waals surface area contributed by atoms with E-state index in [1.54, 1.807) is 0 Å². The van der Waals surface area contributed by atoms with Gasteiger partial charge in [-0.2, -0.15) is 0 Å². The summed E-state index contributed by atoms with van der Waals surface area (Å²) in [6.45, 7) is 0. The van der Waals surface area contributed by atoms with Gasteiger partial charge in [0.15, 0.2) is 0 Å². The number of carbonyl (C=O) groups is 1. The minimum atomic E-state index is -1.59. The predicted molar refractivity (Wildman–Crippen MR) is 84.2 cm³/mol. The Morgan fingerprint density at radius 1 is 1.16 bits per heavy atom. The van der Waals surface area contributed by atoms with Gasteiger partial charge in [0.1, 0.15) is 17.4 Å². The van der Waals surface area contributed by atoms with E-state index in [9.17, 15) is 18.7 Å². The normalized spacial score (nSPS) is 10.7. The lowest BCUT2D eigenvalue weighted by Crippen LogP contribution is -2.04. The summed E-state index contributed by atoms with van der Waals surface area (Å²) in [6.07, 6.45) is -1.59. The van der Waals surface area contributed by atoms with Crippen molar-refractivity contribution in [2.24, 2.45) is 0 Å². The number of aromatic nitrogens is 2. The Balaban J connectivity index is 2.20. The van der Waals surface area contributed by atoms with Crippen LogP contribution in [0.5, 0.6) is 11.6 Å². The van der Waals surface area contributed by atoms with Gasteiger partial charge in [-0.1, -0.05) is 11.6 Å². The van der Waals surface area contributed by atoms with Gasteiger partial charge >= 0.3 is 6.16 Å². The fourth-order valence-electron chi connectivity index (χ4n) is 2.24. The Labute approximate surface area is 144 Å². The van der Waals surface area contributed by atoms with Crippen LogP contribution in [0.2, 0.25) is 5.02 Å². The number of phenols is 1. The predicted octanol–water partition coefficient (Wildman–Crippen LogP) is 4.23. The third kappa shape index (κ3) is 3.53. The van der Waals surface area contributed by atoms with Gasteiger partial charge in [-0.05, 0) is 30.3 Å². The molecule has 0 saturated carbocycles. The smallest absolute Gasteiger partial charge is 0.508 e. The van der Waals surface area contributed by atoms with Crippen molar-refractivity contribution >= 4 is 17.8 Å². The second-order valence-electron chi connectivity index (χ2n) is 4.94. The summed E-state index contributed by atoms with van der Waals surface area (Å²) in [7, 11) is 0. The van der Waals surface area contributed by atoms with Gasteiger partial charge in [-0.15, -0.1) is 5.10 Å². The summed E-state index contributed by atoms with van der Waals surface area (Å²) in [6, 6.07) is 8.23. The molecule has 25 heavy (non-hydrogen) atoms. The van der Waals surface area contributed by atoms with Crippen molar-refractivity contribution in [3.8, 4) is 28.6 Å². The van der Waals surface area contributed by atoms with Crippen LogP contribution in [0.25, 0.3) is 16.9 Å². The highest BCUT2D eigenvalue weighted by Gasteiger charge is 2.17. The molecule has 6 nitrogen and oxygen atoms in total. The monoisotopic (exact) mass is 366 g/mol. The van der Waals surface area contributed by atoms with Crippen LogP contribution in [0.1, 0.15) is 0 Å². The third-order valence-electron chi connectivity index (χ3n) is 3.20. The summed E-state index contributed by atoms with van der Waals surface area (Å²) in [5.41, 5.74) is 0.685. The molecular weight excluding hydrogens is 358 g/mol. The molecule has 1 aromatic heterocycles. The molecule has 0 saturated heterocycles. The van der Waals surface area contributed by atoms with E-state index in [2.05, 4.69) is 9.84 Å². The van der Waals surface area contributed by atoms with Crippen molar-refractivity contribution in [2.75, 3.05) is 0 Å². The molecule has 0 unspecified atom stereocenters. The van der Waals surface area contributed by atoms with Crippen LogP contribution in [-0.4, -0.2) is 26.1 Å². The Kier molecular flexibility index (Phi) is 4.28. The van der Waals surface area contributed by atoms with Gasteiger partial charge in [-0.3, -0.25) is 0 Å². The second-order valence-corrected chi connectivity index (χ2v) is 5.35. The minimum Gasteiger partial charge on any atom is -0.508 e. The molecule has 3 rings (SSSR count). The number of nitrogens with zero attached hydrogens (tertiary/aromatic N) is 2. The van der Waals surface area contributed by atoms with E-state index in [1.807, 2.05) is 0 Å². The molecule has 128 valence electrons. The van der Waals surface area contributed by atoms with E-state index in [0.717, 1.165) is 18.2 Å². The second kappa shape index (κ2) is 6.40. The van der Waals surface area contributed by atoms with Gasteiger partial charge in [-0.25, -0.2) is 18.3 Å². The van der Waals surface area contributed by atoms with Crippen molar-refractivity contribution in [1.29, 1.82) is 0 Å². The Bertz CT molecular complexity index is 955. The lowest BCUT2D eigenvalue weighted by Gasteiger charge is -2.08. The highest BCUT2D eigenvalue weighted by molar-refractivity contribution is 6.30. The molecule has 0 aliphatic rings. The maximum atomic E-state index is 13.6. The number of aromatic hydroxyl groups is 1. The number of benzene rings is 2. The van der Waals surface area contributed by atoms with Crippen LogP contribution in [0, 0.1) is 11.6 Å². The standard InChI is InChI=1S/C16H9ClF2N2O4/c17-12-6-10(1-2-13(12)19)21-14(7-15(20-21)25-16(23)24)8-3-9(18)5-11(22)4-8/h1-7,22H,(H,23,24). The topological polar surface area (TPSA) is 84.6 Å². The number of halogens is 3. The number of carboxylic acid groups (broad SMARTS) is 1. The maximum Gasteiger partial charge on any atom is 0.512 e. The van der Waals surface area contributed by atoms with E-state index in [1.165, 1.54) is 28.9 Å². The molecule has 0 radical (unpaired) electrons. The van der Waals surface area contributed by atoms with Crippen molar-refractivity contribution in [2.45, 2.75) is 0 Å². The zero-order valence-corrected chi connectivity index (χ0v) is 13.0. The fourth-order valence-corrected chi connectivity index (χ4v) is 2.41. The van der Waals surface area contributed by atoms with Crippen molar-refractivity contribution in [3.63, 3.8) is 0 Å². The van der Waals surface area contributed by atoms with Gasteiger partial charge in [0.25, 0.3) is 0 Å². The van der Waals surface area contributed by atoms with Crippen LogP contribution in [0.15, 0.2) is 42.5 Å². The maximum absolute atomic E-state index is 13.6. The summed E-state index contributed by atoms with van der Waals surface area (Å²) < 4.78 is 32.7. The first-order valence-corrected chi connectivity index (χ1v) is 7.17. The van der Waals surface area contributed by atoms with Crippen LogP contribution in [-0.2, 0) is 0 Å². The van der Waals surface area contributed by atoms with Crippen molar-refractivity contribution in [1.82, 2.24) is 9.78 Å². The first kappa shape index (κ1) is 16.7. The first-order chi connectivity index (χ1) is 11.8. The SMILES string of the molecule is O=C(O)Oc1cc(-c2cc(O)cc(F)c2)n(-c2ccc(F)c(Cl)c2)n1. The molecule has 9 heteroatoms. The average molecular weight is 367 g/mol. The molecule has 2 aromatic carbocycles. The highest BCUT2D eigenvalue weighted by atomic mass is 35.5. The molecule has 0 fully saturated rings. The van der Waals surface area contributed by atoms with Crippen molar-refractivity contribution < 1.29 is 28.5 Å². The van der Waals surface area contributed by atoms with E-state index < -0.39 is 17.8 Å². The zero-order chi connectivity index (χ0) is 18.1. The highest BCUT2D eigenvalue weighted by Crippen LogP contribution is 2.31. The molecule has 0 aliphatic heterocycles. The minimum absolute atomic E-state index is 0.179. The van der Waals surface area contributed by atoms with Crippen molar-refractivity contribution in [3.05, 3.63) is 59.1 Å². The Morgan fingerprint density at radius 2 is 1.92 bits per heavy atom. The molecule has 0 amide bonds. The first-order valence-electron chi connectivity index (χ1n) is 6.79. The quantitative estimate of drug-likeness (QED) is 0.677. The van der Waals surface area contributed by atoms with E-state index in [0.29, 0.717) is 0 Å². The van der Waals surface area contributed by atoms with E-state index in [4.69, 9.17) is 16.7 Å². The van der Waals surface area contributed by atoms with E-state index >= 15 is 0 Å². The van der Waals surface area contributed by atoms with Crippen LogP contribution < -0.4 is 4.74 Å². The molecule has 0 spiro atoms. The molecule has 0 bridgehead atoms. The molecular formula is C16H9ClF2N2O4. The molecule has 0 atom stereocenters. The summed E-state index contributed by atoms with van der Waals surface area (Å²) in [4.78, 5) is 10.7. The molecule has 2 N–H and O–H groups in total. The number of ether oxygens (including phenoxy) is 1. The van der Waals surface area contributed by atoms with Crippen LogP contribution in [0.4, 0.5) is 13.6 Å². The van der Waals surface area contributed by atoms with Gasteiger partial charge in [0, 0.05) is 17.7 Å². The summed E-state index contributed by atoms with van der Waals surface area (Å²) in [5, 5.41) is 22.1. The lowest BCUT2D eigenvalue weighted by molar-refractivity contribution is 0.142. The summed E-state index contributed by atoms with van der Waals surface area (Å²) in [5.74, 6) is -1.97. The molecule has 3 aromatic rings. The summed E-state index contributed by atoms with van der Waals surface area (Å²) >= 11 is 5.76. The van der Waals surface area contributed by atoms with E-state index in [-0.39, 0.29) is 33.6 Å². The number of hydrogen-bond acceptors (Lipinski definition) is 4. The number of phenolic OH excluding ortho intramolecular Hbond substituents is 1. The Hall–Kier alpha value is -3.13. The molecule has 0 aliphatic carbocycles. The zero-order valence-electron chi connectivity index (χ0n) is 12.3.